The van der Waals surface area contributed by atoms with Crippen LogP contribution in [0.25, 0.3) is 11.0 Å². The summed E-state index contributed by atoms with van der Waals surface area (Å²) in [7, 11) is 0. The van der Waals surface area contributed by atoms with Gasteiger partial charge in [0.05, 0.1) is 18.6 Å². The summed E-state index contributed by atoms with van der Waals surface area (Å²) in [5.41, 5.74) is 2.15. The van der Waals surface area contributed by atoms with Crippen LogP contribution in [0.1, 0.15) is 48.4 Å². The summed E-state index contributed by atoms with van der Waals surface area (Å²) >= 11 is 0. The minimum Gasteiger partial charge on any atom is -0.493 e. The topological polar surface area (TPSA) is 65.7 Å². The van der Waals surface area contributed by atoms with E-state index >= 15 is 0 Å². The van der Waals surface area contributed by atoms with Crippen LogP contribution < -0.4 is 10.2 Å². The summed E-state index contributed by atoms with van der Waals surface area (Å²) in [5.74, 6) is 0.139. The molecule has 0 saturated carbocycles. The predicted octanol–water partition coefficient (Wildman–Crippen LogP) is 3.25. The number of aryl methyl sites for hydroxylation is 2. The van der Waals surface area contributed by atoms with Crippen LogP contribution in [0.3, 0.4) is 0 Å². The van der Waals surface area contributed by atoms with Crippen LogP contribution in [-0.4, -0.2) is 19.2 Å². The Labute approximate surface area is 134 Å². The molecule has 0 aliphatic carbocycles. The van der Waals surface area contributed by atoms with Crippen LogP contribution in [0.5, 0.6) is 5.75 Å². The first kappa shape index (κ1) is 15.6. The van der Waals surface area contributed by atoms with Crippen molar-refractivity contribution in [3.8, 4) is 5.75 Å². The molecule has 3 rings (SSSR count). The van der Waals surface area contributed by atoms with Crippen LogP contribution in [0.15, 0.2) is 21.3 Å². The monoisotopic (exact) mass is 316 g/mol. The van der Waals surface area contributed by atoms with Crippen LogP contribution in [0, 0.1) is 0 Å². The highest BCUT2D eigenvalue weighted by atomic mass is 16.5. The summed E-state index contributed by atoms with van der Waals surface area (Å²) in [6.07, 6.45) is 3.45. The van der Waals surface area contributed by atoms with E-state index in [1.54, 1.807) is 6.92 Å². The molecule has 0 unspecified atom stereocenters. The number of ether oxygens (including phenoxy) is 2. The second-order valence-electron chi connectivity index (χ2n) is 5.62. The van der Waals surface area contributed by atoms with E-state index in [0.29, 0.717) is 17.6 Å². The van der Waals surface area contributed by atoms with E-state index in [0.717, 1.165) is 42.6 Å². The van der Waals surface area contributed by atoms with Crippen molar-refractivity contribution in [3.05, 3.63) is 39.2 Å². The van der Waals surface area contributed by atoms with E-state index in [9.17, 15) is 9.59 Å². The molecule has 1 aromatic heterocycles. The molecule has 0 radical (unpaired) electrons. The zero-order chi connectivity index (χ0) is 16.4. The van der Waals surface area contributed by atoms with Gasteiger partial charge in [-0.2, -0.15) is 0 Å². The number of fused-ring (bicyclic) bond motifs is 2. The zero-order valence-electron chi connectivity index (χ0n) is 13.4. The number of hydrogen-bond acceptors (Lipinski definition) is 5. The van der Waals surface area contributed by atoms with Gasteiger partial charge in [0.1, 0.15) is 11.3 Å². The number of carbonyl (C=O) groups excluding carboxylic acids is 1. The molecule has 5 heteroatoms. The lowest BCUT2D eigenvalue weighted by Gasteiger charge is -2.21. The minimum atomic E-state index is -0.618. The minimum absolute atomic E-state index is 0.0579. The van der Waals surface area contributed by atoms with Crippen LogP contribution in [0.4, 0.5) is 0 Å². The van der Waals surface area contributed by atoms with Gasteiger partial charge < -0.3 is 13.9 Å². The van der Waals surface area contributed by atoms with Gasteiger partial charge in [0.15, 0.2) is 5.43 Å². The van der Waals surface area contributed by atoms with Gasteiger partial charge in [0.25, 0.3) is 0 Å². The second-order valence-corrected chi connectivity index (χ2v) is 5.62. The maximum Gasteiger partial charge on any atom is 0.374 e. The van der Waals surface area contributed by atoms with E-state index in [4.69, 9.17) is 13.9 Å². The third-order valence-corrected chi connectivity index (χ3v) is 3.96. The first-order valence-electron chi connectivity index (χ1n) is 8.08. The summed E-state index contributed by atoms with van der Waals surface area (Å²) in [4.78, 5) is 24.4. The van der Waals surface area contributed by atoms with Crippen LogP contribution in [0.2, 0.25) is 0 Å². The summed E-state index contributed by atoms with van der Waals surface area (Å²) < 4.78 is 16.5. The van der Waals surface area contributed by atoms with Crippen molar-refractivity contribution in [2.75, 3.05) is 13.2 Å². The van der Waals surface area contributed by atoms with Gasteiger partial charge in [-0.3, -0.25) is 4.79 Å². The highest BCUT2D eigenvalue weighted by Gasteiger charge is 2.22. The SMILES string of the molecule is CCCc1c2c(cc3c(=O)cc(C(=O)OCC)oc13)CCCO2. The third-order valence-electron chi connectivity index (χ3n) is 3.96. The Kier molecular flexibility index (Phi) is 4.37. The molecular weight excluding hydrogens is 296 g/mol. The van der Waals surface area contributed by atoms with E-state index in [-0.39, 0.29) is 17.8 Å². The smallest absolute Gasteiger partial charge is 0.374 e. The highest BCUT2D eigenvalue weighted by Crippen LogP contribution is 2.35. The Morgan fingerprint density at radius 3 is 2.87 bits per heavy atom. The van der Waals surface area contributed by atoms with Crippen LogP contribution >= 0.6 is 0 Å². The maximum absolute atomic E-state index is 12.4. The van der Waals surface area contributed by atoms with E-state index < -0.39 is 5.97 Å². The standard InChI is InChI=1S/C18H20O5/c1-3-6-12-16-11(7-5-8-22-16)9-13-14(19)10-15(23-17(12)13)18(20)21-4-2/h9-10H,3-8H2,1-2H3. The number of benzene rings is 1. The molecule has 0 saturated heterocycles. The van der Waals surface area contributed by atoms with Gasteiger partial charge in [-0.25, -0.2) is 4.79 Å². The van der Waals surface area contributed by atoms with Gasteiger partial charge in [0.2, 0.25) is 5.76 Å². The normalized spacial score (nSPS) is 13.5. The lowest BCUT2D eigenvalue weighted by atomic mass is 9.96. The summed E-state index contributed by atoms with van der Waals surface area (Å²) in [5, 5.41) is 0.505. The molecule has 23 heavy (non-hydrogen) atoms. The Hall–Kier alpha value is -2.30. The largest absolute Gasteiger partial charge is 0.493 e. The first-order chi connectivity index (χ1) is 11.2. The fourth-order valence-electron chi connectivity index (χ4n) is 2.98. The average molecular weight is 316 g/mol. The third kappa shape index (κ3) is 2.83. The van der Waals surface area contributed by atoms with Gasteiger partial charge in [0, 0.05) is 11.6 Å². The van der Waals surface area contributed by atoms with Gasteiger partial charge >= 0.3 is 5.97 Å². The molecule has 2 heterocycles. The molecule has 0 amide bonds. The molecule has 1 aliphatic rings. The molecule has 0 fully saturated rings. The van der Waals surface area contributed by atoms with E-state index in [1.165, 1.54) is 6.07 Å². The number of rotatable bonds is 4. The Morgan fingerprint density at radius 1 is 1.30 bits per heavy atom. The van der Waals surface area contributed by atoms with Gasteiger partial charge in [-0.15, -0.1) is 0 Å². The van der Waals surface area contributed by atoms with Crippen molar-refractivity contribution < 1.29 is 18.7 Å². The van der Waals surface area contributed by atoms with Gasteiger partial charge in [-0.1, -0.05) is 13.3 Å². The first-order valence-corrected chi connectivity index (χ1v) is 8.08. The van der Waals surface area contributed by atoms with Gasteiger partial charge in [-0.05, 0) is 37.8 Å². The van der Waals surface area contributed by atoms with Crippen molar-refractivity contribution in [2.24, 2.45) is 0 Å². The highest BCUT2D eigenvalue weighted by molar-refractivity contribution is 5.90. The Balaban J connectivity index is 2.27. The van der Waals surface area contributed by atoms with Crippen LogP contribution in [-0.2, 0) is 17.6 Å². The Bertz CT molecular complexity index is 803. The summed E-state index contributed by atoms with van der Waals surface area (Å²) in [6.45, 7) is 4.66. The second kappa shape index (κ2) is 6.44. The fraction of sp³-hybridized carbons (Fsp3) is 0.444. The van der Waals surface area contributed by atoms with Crippen molar-refractivity contribution in [3.63, 3.8) is 0 Å². The Morgan fingerprint density at radius 2 is 2.13 bits per heavy atom. The van der Waals surface area contributed by atoms with Crippen molar-refractivity contribution in [1.29, 1.82) is 0 Å². The number of esters is 1. The van der Waals surface area contributed by atoms with Crippen molar-refractivity contribution in [1.82, 2.24) is 0 Å². The van der Waals surface area contributed by atoms with E-state index in [1.807, 2.05) is 6.07 Å². The lowest BCUT2D eigenvalue weighted by Crippen LogP contribution is -2.15. The summed E-state index contributed by atoms with van der Waals surface area (Å²) in [6, 6.07) is 3.05. The quantitative estimate of drug-likeness (QED) is 0.810. The molecular formula is C18H20O5. The predicted molar refractivity (Wildman–Crippen MR) is 86.3 cm³/mol. The zero-order valence-corrected chi connectivity index (χ0v) is 13.4. The molecule has 0 bridgehead atoms. The van der Waals surface area contributed by atoms with Crippen molar-refractivity contribution in [2.45, 2.75) is 39.5 Å². The van der Waals surface area contributed by atoms with Crippen molar-refractivity contribution >= 4 is 16.9 Å². The maximum atomic E-state index is 12.4. The molecule has 2 aromatic rings. The molecule has 1 aromatic carbocycles. The fourth-order valence-corrected chi connectivity index (χ4v) is 2.98. The molecule has 122 valence electrons. The number of carbonyl (C=O) groups is 1. The lowest BCUT2D eigenvalue weighted by molar-refractivity contribution is 0.0490. The molecule has 5 nitrogen and oxygen atoms in total. The molecule has 0 spiro atoms. The van der Waals surface area contributed by atoms with E-state index in [2.05, 4.69) is 6.92 Å². The molecule has 1 aliphatic heterocycles. The average Bonchev–Trinajstić information content (AvgIpc) is 2.55. The molecule has 0 atom stereocenters. The number of hydrogen-bond donors (Lipinski definition) is 0. The molecule has 0 N–H and O–H groups in total.